The Morgan fingerprint density at radius 1 is 1.25 bits per heavy atom. The van der Waals surface area contributed by atoms with Gasteiger partial charge in [-0.3, -0.25) is 10.1 Å². The van der Waals surface area contributed by atoms with E-state index in [1.165, 1.54) is 12.1 Å². The average Bonchev–Trinajstić information content (AvgIpc) is 2.48. The molecule has 0 saturated carbocycles. The number of alkyl halides is 1. The number of non-ortho nitro benzene ring substituents is 1. The van der Waals surface area contributed by atoms with Gasteiger partial charge in [0, 0.05) is 22.6 Å². The van der Waals surface area contributed by atoms with Crippen molar-refractivity contribution in [1.29, 1.82) is 0 Å². The van der Waals surface area contributed by atoms with Gasteiger partial charge in [-0.1, -0.05) is 12.1 Å². The summed E-state index contributed by atoms with van der Waals surface area (Å²) in [6.45, 7) is 0. The molecule has 0 spiro atoms. The molecule has 0 aliphatic heterocycles. The molecule has 0 aliphatic rings. The number of nitrogens with zero attached hydrogens (tertiary/aromatic N) is 1. The molecule has 0 amide bonds. The Morgan fingerprint density at radius 2 is 2.00 bits per heavy atom. The lowest BCUT2D eigenvalue weighted by Crippen LogP contribution is -1.94. The van der Waals surface area contributed by atoms with Crippen molar-refractivity contribution in [3.05, 3.63) is 58.1 Å². The third kappa shape index (κ3) is 3.23. The van der Waals surface area contributed by atoms with Crippen LogP contribution < -0.4 is 4.74 Å². The highest BCUT2D eigenvalue weighted by Crippen LogP contribution is 2.34. The summed E-state index contributed by atoms with van der Waals surface area (Å²) in [6.07, 6.45) is 1.96. The SMILES string of the molecule is CSc1ccccc1Oc1ccc([N+](=O)[O-])cc1CCl. The van der Waals surface area contributed by atoms with Gasteiger partial charge in [-0.25, -0.2) is 0 Å². The lowest BCUT2D eigenvalue weighted by atomic mass is 10.2. The summed E-state index contributed by atoms with van der Waals surface area (Å²) in [7, 11) is 0. The summed E-state index contributed by atoms with van der Waals surface area (Å²) in [5.74, 6) is 1.39. The molecule has 0 bridgehead atoms. The van der Waals surface area contributed by atoms with E-state index in [9.17, 15) is 10.1 Å². The summed E-state index contributed by atoms with van der Waals surface area (Å²) in [6, 6.07) is 12.0. The van der Waals surface area contributed by atoms with Crippen molar-refractivity contribution >= 4 is 29.1 Å². The topological polar surface area (TPSA) is 52.4 Å². The fourth-order valence-corrected chi connectivity index (χ4v) is 2.44. The molecule has 2 aromatic carbocycles. The zero-order chi connectivity index (χ0) is 14.5. The molecule has 0 atom stereocenters. The van der Waals surface area contributed by atoms with Gasteiger partial charge in [0.2, 0.25) is 0 Å². The number of hydrogen-bond donors (Lipinski definition) is 0. The molecule has 0 radical (unpaired) electrons. The van der Waals surface area contributed by atoms with Crippen LogP contribution in [0.3, 0.4) is 0 Å². The normalized spacial score (nSPS) is 10.3. The molecule has 0 aromatic heterocycles. The van der Waals surface area contributed by atoms with Crippen LogP contribution in [0.4, 0.5) is 5.69 Å². The number of ether oxygens (including phenoxy) is 1. The van der Waals surface area contributed by atoms with Crippen LogP contribution in [0.25, 0.3) is 0 Å². The van der Waals surface area contributed by atoms with Gasteiger partial charge in [0.05, 0.1) is 10.8 Å². The van der Waals surface area contributed by atoms with Crippen LogP contribution >= 0.6 is 23.4 Å². The highest BCUT2D eigenvalue weighted by Gasteiger charge is 2.13. The van der Waals surface area contributed by atoms with Gasteiger partial charge < -0.3 is 4.74 Å². The number of hydrogen-bond acceptors (Lipinski definition) is 4. The summed E-state index contributed by atoms with van der Waals surface area (Å²) in [5.41, 5.74) is 0.600. The van der Waals surface area contributed by atoms with E-state index in [0.717, 1.165) is 4.90 Å². The maximum absolute atomic E-state index is 10.8. The first-order valence-electron chi connectivity index (χ1n) is 5.80. The van der Waals surface area contributed by atoms with E-state index in [0.29, 0.717) is 17.1 Å². The number of halogens is 1. The highest BCUT2D eigenvalue weighted by atomic mass is 35.5. The van der Waals surface area contributed by atoms with Crippen LogP contribution in [0.1, 0.15) is 5.56 Å². The predicted molar refractivity (Wildman–Crippen MR) is 81.0 cm³/mol. The van der Waals surface area contributed by atoms with Crippen molar-refractivity contribution in [3.8, 4) is 11.5 Å². The Hall–Kier alpha value is -1.72. The second-order valence-electron chi connectivity index (χ2n) is 3.94. The van der Waals surface area contributed by atoms with Crippen molar-refractivity contribution in [3.63, 3.8) is 0 Å². The number of rotatable bonds is 5. The standard InChI is InChI=1S/C14H12ClNO3S/c1-20-14-5-3-2-4-13(14)19-12-7-6-11(16(17)18)8-10(12)9-15/h2-8H,9H2,1H3. The first-order valence-corrected chi connectivity index (χ1v) is 7.55. The molecule has 0 unspecified atom stereocenters. The molecule has 2 aromatic rings. The molecule has 2 rings (SSSR count). The number of para-hydroxylation sites is 1. The van der Waals surface area contributed by atoms with Gasteiger partial charge >= 0.3 is 0 Å². The van der Waals surface area contributed by atoms with Crippen LogP contribution in [0, 0.1) is 10.1 Å². The zero-order valence-electron chi connectivity index (χ0n) is 10.7. The van der Waals surface area contributed by atoms with Crippen molar-refractivity contribution in [2.24, 2.45) is 0 Å². The van der Waals surface area contributed by atoms with Crippen molar-refractivity contribution < 1.29 is 9.66 Å². The molecule has 6 heteroatoms. The number of nitro groups is 1. The van der Waals surface area contributed by atoms with E-state index in [1.54, 1.807) is 17.8 Å². The summed E-state index contributed by atoms with van der Waals surface area (Å²) < 4.78 is 5.83. The highest BCUT2D eigenvalue weighted by molar-refractivity contribution is 7.98. The van der Waals surface area contributed by atoms with Gasteiger partial charge in [-0.05, 0) is 24.5 Å². The molecule has 4 nitrogen and oxygen atoms in total. The van der Waals surface area contributed by atoms with Gasteiger partial charge in [-0.2, -0.15) is 0 Å². The molecule has 0 aliphatic carbocycles. The molecule has 0 N–H and O–H groups in total. The monoisotopic (exact) mass is 309 g/mol. The van der Waals surface area contributed by atoms with Crippen LogP contribution in [-0.4, -0.2) is 11.2 Å². The summed E-state index contributed by atoms with van der Waals surface area (Å²) >= 11 is 7.41. The Morgan fingerprint density at radius 3 is 2.65 bits per heavy atom. The zero-order valence-corrected chi connectivity index (χ0v) is 12.3. The molecule has 104 valence electrons. The molecule has 0 saturated heterocycles. The van der Waals surface area contributed by atoms with E-state index in [2.05, 4.69) is 0 Å². The van der Waals surface area contributed by atoms with E-state index in [4.69, 9.17) is 16.3 Å². The van der Waals surface area contributed by atoms with Crippen LogP contribution in [0.15, 0.2) is 47.4 Å². The summed E-state index contributed by atoms with van der Waals surface area (Å²) in [5, 5.41) is 10.8. The number of nitro benzene ring substituents is 1. The van der Waals surface area contributed by atoms with E-state index in [-0.39, 0.29) is 11.6 Å². The summed E-state index contributed by atoms with van der Waals surface area (Å²) in [4.78, 5) is 11.3. The number of thioether (sulfide) groups is 1. The first kappa shape index (κ1) is 14.7. The van der Waals surface area contributed by atoms with Crippen LogP contribution in [0.5, 0.6) is 11.5 Å². The number of benzene rings is 2. The van der Waals surface area contributed by atoms with Gasteiger partial charge in [-0.15, -0.1) is 23.4 Å². The third-order valence-corrected chi connectivity index (χ3v) is 3.75. The Kier molecular flexibility index (Phi) is 4.87. The van der Waals surface area contributed by atoms with Gasteiger partial charge in [0.25, 0.3) is 5.69 Å². The maximum atomic E-state index is 10.8. The fourth-order valence-electron chi connectivity index (χ4n) is 1.71. The average molecular weight is 310 g/mol. The Balaban J connectivity index is 2.36. The second kappa shape index (κ2) is 6.63. The van der Waals surface area contributed by atoms with Crippen molar-refractivity contribution in [1.82, 2.24) is 0 Å². The molecule has 20 heavy (non-hydrogen) atoms. The van der Waals surface area contributed by atoms with E-state index in [1.807, 2.05) is 30.5 Å². The minimum absolute atomic E-state index is 0.00570. The van der Waals surface area contributed by atoms with Gasteiger partial charge in [0.1, 0.15) is 11.5 Å². The van der Waals surface area contributed by atoms with Crippen molar-refractivity contribution in [2.75, 3.05) is 6.26 Å². The molecule has 0 heterocycles. The Labute approximate surface area is 125 Å². The molecular weight excluding hydrogens is 298 g/mol. The van der Waals surface area contributed by atoms with Crippen molar-refractivity contribution in [2.45, 2.75) is 10.8 Å². The Bertz CT molecular complexity index is 634. The third-order valence-electron chi connectivity index (χ3n) is 2.69. The maximum Gasteiger partial charge on any atom is 0.270 e. The second-order valence-corrected chi connectivity index (χ2v) is 5.05. The molecular formula is C14H12ClNO3S. The van der Waals surface area contributed by atoms with Crippen LogP contribution in [-0.2, 0) is 5.88 Å². The largest absolute Gasteiger partial charge is 0.456 e. The smallest absolute Gasteiger partial charge is 0.270 e. The first-order chi connectivity index (χ1) is 9.65. The van der Waals surface area contributed by atoms with Gasteiger partial charge in [0.15, 0.2) is 0 Å². The van der Waals surface area contributed by atoms with E-state index < -0.39 is 4.92 Å². The lowest BCUT2D eigenvalue weighted by Gasteiger charge is -2.12. The quantitative estimate of drug-likeness (QED) is 0.343. The lowest BCUT2D eigenvalue weighted by molar-refractivity contribution is -0.384. The fraction of sp³-hybridized carbons (Fsp3) is 0.143. The van der Waals surface area contributed by atoms with Crippen LogP contribution in [0.2, 0.25) is 0 Å². The molecule has 0 fully saturated rings. The predicted octanol–water partition coefficient (Wildman–Crippen LogP) is 4.85. The minimum Gasteiger partial charge on any atom is -0.456 e. The minimum atomic E-state index is -0.449. The van der Waals surface area contributed by atoms with E-state index >= 15 is 0 Å².